The van der Waals surface area contributed by atoms with Crippen molar-refractivity contribution >= 4 is 15.9 Å². The van der Waals surface area contributed by atoms with E-state index in [1.54, 1.807) is 0 Å². The van der Waals surface area contributed by atoms with Crippen LogP contribution in [-0.2, 0) is 14.8 Å². The summed E-state index contributed by atoms with van der Waals surface area (Å²) < 4.78 is 30.9. The van der Waals surface area contributed by atoms with E-state index in [1.807, 2.05) is 36.1 Å². The number of hydrogen-bond acceptors (Lipinski definition) is 4. The highest BCUT2D eigenvalue weighted by molar-refractivity contribution is 7.88. The standard InChI is InChI=1S/C17H24N2O4S/c1-13-4-3-5-14(10-13)23-12-16(20)19-8-6-17(7-9-19)11-15(17)18-24(2,21)22/h3-5,10,15,18H,6-9,11-12H2,1-2H3. The lowest BCUT2D eigenvalue weighted by atomic mass is 9.93. The molecule has 1 heterocycles. The number of carbonyl (C=O) groups excluding carboxylic acids is 1. The van der Waals surface area contributed by atoms with Gasteiger partial charge in [-0.3, -0.25) is 4.79 Å². The van der Waals surface area contributed by atoms with Crippen molar-refractivity contribution in [2.24, 2.45) is 5.41 Å². The maximum absolute atomic E-state index is 12.3. The Kier molecular flexibility index (Phi) is 4.57. The first-order valence-corrected chi connectivity index (χ1v) is 10.1. The highest BCUT2D eigenvalue weighted by atomic mass is 32.2. The van der Waals surface area contributed by atoms with Gasteiger partial charge in [-0.1, -0.05) is 12.1 Å². The van der Waals surface area contributed by atoms with Gasteiger partial charge >= 0.3 is 0 Å². The van der Waals surface area contributed by atoms with E-state index in [9.17, 15) is 13.2 Å². The summed E-state index contributed by atoms with van der Waals surface area (Å²) in [5.41, 5.74) is 1.15. The van der Waals surface area contributed by atoms with Crippen molar-refractivity contribution in [1.29, 1.82) is 0 Å². The van der Waals surface area contributed by atoms with E-state index in [2.05, 4.69) is 4.72 Å². The Morgan fingerprint density at radius 2 is 2.08 bits per heavy atom. The summed E-state index contributed by atoms with van der Waals surface area (Å²) in [7, 11) is -3.16. The quantitative estimate of drug-likeness (QED) is 0.867. The Morgan fingerprint density at radius 3 is 2.71 bits per heavy atom. The van der Waals surface area contributed by atoms with Crippen molar-refractivity contribution in [2.45, 2.75) is 32.2 Å². The van der Waals surface area contributed by atoms with Crippen molar-refractivity contribution in [2.75, 3.05) is 26.0 Å². The second-order valence-electron chi connectivity index (χ2n) is 7.00. The lowest BCUT2D eigenvalue weighted by molar-refractivity contribution is -0.135. The molecule has 1 spiro atoms. The summed E-state index contributed by atoms with van der Waals surface area (Å²) in [4.78, 5) is 14.1. The zero-order chi connectivity index (χ0) is 17.4. The zero-order valence-corrected chi connectivity index (χ0v) is 14.9. The normalized spacial score (nSPS) is 22.4. The smallest absolute Gasteiger partial charge is 0.260 e. The number of nitrogens with one attached hydrogen (secondary N) is 1. The van der Waals surface area contributed by atoms with E-state index in [4.69, 9.17) is 4.74 Å². The summed E-state index contributed by atoms with van der Waals surface area (Å²) in [5.74, 6) is 0.691. The van der Waals surface area contributed by atoms with Crippen LogP contribution < -0.4 is 9.46 Å². The summed E-state index contributed by atoms with van der Waals surface area (Å²) in [6, 6.07) is 7.67. The van der Waals surface area contributed by atoms with Crippen LogP contribution in [0.5, 0.6) is 5.75 Å². The van der Waals surface area contributed by atoms with E-state index in [0.717, 1.165) is 24.8 Å². The molecule has 1 amide bonds. The topological polar surface area (TPSA) is 75.7 Å². The second-order valence-corrected chi connectivity index (χ2v) is 8.78. The Balaban J connectivity index is 1.46. The summed E-state index contributed by atoms with van der Waals surface area (Å²) in [6.45, 7) is 3.35. The predicted octanol–water partition coefficient (Wildman–Crippen LogP) is 1.30. The molecule has 6 nitrogen and oxygen atoms in total. The van der Waals surface area contributed by atoms with Crippen LogP contribution in [0.2, 0.25) is 0 Å². The molecule has 1 aliphatic carbocycles. The first-order chi connectivity index (χ1) is 11.3. The average Bonchev–Trinajstić information content (AvgIpc) is 3.15. The van der Waals surface area contributed by atoms with Crippen LogP contribution in [0.4, 0.5) is 0 Å². The highest BCUT2D eigenvalue weighted by Crippen LogP contribution is 2.54. The number of aryl methyl sites for hydroxylation is 1. The summed E-state index contributed by atoms with van der Waals surface area (Å²) in [6.07, 6.45) is 3.76. The lowest BCUT2D eigenvalue weighted by Gasteiger charge is -2.32. The molecule has 1 atom stereocenters. The fourth-order valence-electron chi connectivity index (χ4n) is 3.47. The Hall–Kier alpha value is -1.60. The zero-order valence-electron chi connectivity index (χ0n) is 14.1. The molecule has 0 radical (unpaired) electrons. The van der Waals surface area contributed by atoms with E-state index in [1.165, 1.54) is 6.26 Å². The molecule has 3 rings (SSSR count). The number of hydrogen-bond donors (Lipinski definition) is 1. The number of rotatable bonds is 5. The molecule has 24 heavy (non-hydrogen) atoms. The molecular weight excluding hydrogens is 328 g/mol. The van der Waals surface area contributed by atoms with Gasteiger partial charge in [0, 0.05) is 19.1 Å². The molecule has 2 fully saturated rings. The first kappa shape index (κ1) is 17.2. The molecule has 1 aromatic carbocycles. The largest absolute Gasteiger partial charge is 0.484 e. The fraction of sp³-hybridized carbons (Fsp3) is 0.588. The molecule has 132 valence electrons. The van der Waals surface area contributed by atoms with Gasteiger partial charge in [-0.25, -0.2) is 13.1 Å². The van der Waals surface area contributed by atoms with E-state index in [-0.39, 0.29) is 24.0 Å². The van der Waals surface area contributed by atoms with Crippen LogP contribution in [0, 0.1) is 12.3 Å². The Labute approximate surface area is 143 Å². The van der Waals surface area contributed by atoms with Crippen LogP contribution in [0.1, 0.15) is 24.8 Å². The third-order valence-corrected chi connectivity index (χ3v) is 5.72. The minimum atomic E-state index is -3.16. The monoisotopic (exact) mass is 352 g/mol. The number of ether oxygens (including phenoxy) is 1. The van der Waals surface area contributed by atoms with E-state index in [0.29, 0.717) is 18.8 Å². The van der Waals surface area contributed by atoms with Crippen molar-refractivity contribution in [3.63, 3.8) is 0 Å². The van der Waals surface area contributed by atoms with Crippen LogP contribution in [-0.4, -0.2) is 51.2 Å². The average molecular weight is 352 g/mol. The predicted molar refractivity (Wildman–Crippen MR) is 91.3 cm³/mol. The molecule has 1 aliphatic heterocycles. The minimum Gasteiger partial charge on any atom is -0.484 e. The molecule has 2 aliphatic rings. The molecule has 0 bridgehead atoms. The van der Waals surface area contributed by atoms with E-state index >= 15 is 0 Å². The lowest BCUT2D eigenvalue weighted by Crippen LogP contribution is -2.43. The van der Waals surface area contributed by atoms with Crippen molar-refractivity contribution in [1.82, 2.24) is 9.62 Å². The first-order valence-electron chi connectivity index (χ1n) is 8.22. The van der Waals surface area contributed by atoms with Crippen molar-refractivity contribution in [3.8, 4) is 5.75 Å². The van der Waals surface area contributed by atoms with Gasteiger partial charge in [0.15, 0.2) is 6.61 Å². The minimum absolute atomic E-state index is 0.0142. The molecule has 7 heteroatoms. The Morgan fingerprint density at radius 1 is 1.38 bits per heavy atom. The summed E-state index contributed by atoms with van der Waals surface area (Å²) >= 11 is 0. The molecular formula is C17H24N2O4S. The number of nitrogens with zero attached hydrogens (tertiary/aromatic N) is 1. The van der Waals surface area contributed by atoms with Crippen LogP contribution in [0.3, 0.4) is 0 Å². The Bertz CT molecular complexity index is 724. The van der Waals surface area contributed by atoms with Crippen LogP contribution in [0.15, 0.2) is 24.3 Å². The molecule has 1 aromatic rings. The molecule has 1 unspecified atom stereocenters. The third-order valence-electron chi connectivity index (χ3n) is 5.01. The van der Waals surface area contributed by atoms with Crippen LogP contribution in [0.25, 0.3) is 0 Å². The number of likely N-dealkylation sites (tertiary alicyclic amines) is 1. The second kappa shape index (κ2) is 6.37. The number of benzene rings is 1. The van der Waals surface area contributed by atoms with Gasteiger partial charge in [0.2, 0.25) is 10.0 Å². The SMILES string of the molecule is Cc1cccc(OCC(=O)N2CCC3(CC2)CC3NS(C)(=O)=O)c1. The summed E-state index contributed by atoms with van der Waals surface area (Å²) in [5, 5.41) is 0. The number of amides is 1. The molecule has 1 saturated heterocycles. The van der Waals surface area contributed by atoms with Gasteiger partial charge in [0.05, 0.1) is 6.26 Å². The number of piperidine rings is 1. The third kappa shape index (κ3) is 4.08. The van der Waals surface area contributed by atoms with Gasteiger partial charge in [0.1, 0.15) is 5.75 Å². The van der Waals surface area contributed by atoms with E-state index < -0.39 is 10.0 Å². The highest BCUT2D eigenvalue weighted by Gasteiger charge is 2.56. The van der Waals surface area contributed by atoms with Crippen molar-refractivity contribution < 1.29 is 17.9 Å². The molecule has 1 N–H and O–H groups in total. The number of sulfonamides is 1. The van der Waals surface area contributed by atoms with Gasteiger partial charge in [-0.05, 0) is 49.3 Å². The van der Waals surface area contributed by atoms with Gasteiger partial charge in [-0.2, -0.15) is 0 Å². The van der Waals surface area contributed by atoms with Gasteiger partial charge < -0.3 is 9.64 Å². The maximum Gasteiger partial charge on any atom is 0.260 e. The molecule has 0 aromatic heterocycles. The van der Waals surface area contributed by atoms with Gasteiger partial charge in [0.25, 0.3) is 5.91 Å². The molecule has 1 saturated carbocycles. The number of carbonyl (C=O) groups is 1. The van der Waals surface area contributed by atoms with Crippen LogP contribution >= 0.6 is 0 Å². The fourth-order valence-corrected chi connectivity index (χ4v) is 4.32. The maximum atomic E-state index is 12.3. The van der Waals surface area contributed by atoms with Gasteiger partial charge in [-0.15, -0.1) is 0 Å². The van der Waals surface area contributed by atoms with Crippen molar-refractivity contribution in [3.05, 3.63) is 29.8 Å².